The molecule has 1 saturated carbocycles. The van der Waals surface area contributed by atoms with E-state index in [4.69, 9.17) is 5.73 Å². The summed E-state index contributed by atoms with van der Waals surface area (Å²) in [5.74, 6) is 0.203. The third kappa shape index (κ3) is 4.66. The van der Waals surface area contributed by atoms with Gasteiger partial charge in [-0.25, -0.2) is 0 Å². The van der Waals surface area contributed by atoms with Crippen LogP contribution in [0.1, 0.15) is 38.5 Å². The van der Waals surface area contributed by atoms with E-state index in [-0.39, 0.29) is 11.4 Å². The van der Waals surface area contributed by atoms with Gasteiger partial charge in [-0.2, -0.15) is 0 Å². The summed E-state index contributed by atoms with van der Waals surface area (Å²) in [4.78, 5) is 18.9. The molecule has 5 nitrogen and oxygen atoms in total. The van der Waals surface area contributed by atoms with Crippen molar-refractivity contribution in [1.82, 2.24) is 14.7 Å². The lowest BCUT2D eigenvalue weighted by Crippen LogP contribution is -2.51. The summed E-state index contributed by atoms with van der Waals surface area (Å²) < 4.78 is 0. The van der Waals surface area contributed by atoms with Gasteiger partial charge in [0.1, 0.15) is 0 Å². The van der Waals surface area contributed by atoms with E-state index < -0.39 is 0 Å². The molecule has 1 heterocycles. The Hall–Kier alpha value is -0.650. The maximum atomic E-state index is 12.2. The molecule has 5 heteroatoms. The minimum Gasteiger partial charge on any atom is -0.344 e. The minimum absolute atomic E-state index is 0.203. The van der Waals surface area contributed by atoms with E-state index in [0.717, 1.165) is 25.9 Å². The van der Waals surface area contributed by atoms with Gasteiger partial charge >= 0.3 is 0 Å². The number of nitrogens with two attached hydrogens (primary N) is 1. The number of likely N-dealkylation sites (tertiary alicyclic amines) is 1. The molecular formula is C16H32N4O. The Bertz CT molecular complexity index is 348. The molecule has 0 aromatic rings. The maximum Gasteiger partial charge on any atom is 0.224 e. The molecule has 0 aromatic carbocycles. The minimum atomic E-state index is -0.203. The molecule has 2 fully saturated rings. The van der Waals surface area contributed by atoms with E-state index in [1.165, 1.54) is 32.4 Å². The van der Waals surface area contributed by atoms with Crippen LogP contribution >= 0.6 is 0 Å². The van der Waals surface area contributed by atoms with Crippen molar-refractivity contribution in [2.24, 2.45) is 5.73 Å². The fourth-order valence-corrected chi connectivity index (χ4v) is 3.29. The fraction of sp³-hybridized carbons (Fsp3) is 0.938. The van der Waals surface area contributed by atoms with Crippen LogP contribution in [0.2, 0.25) is 0 Å². The predicted octanol–water partition coefficient (Wildman–Crippen LogP) is 0.742. The van der Waals surface area contributed by atoms with Gasteiger partial charge in [0.25, 0.3) is 0 Å². The summed E-state index contributed by atoms with van der Waals surface area (Å²) in [6.07, 6.45) is 6.16. The van der Waals surface area contributed by atoms with E-state index in [2.05, 4.69) is 23.9 Å². The summed E-state index contributed by atoms with van der Waals surface area (Å²) in [6, 6.07) is 0.664. The number of hydrogen-bond acceptors (Lipinski definition) is 4. The lowest BCUT2D eigenvalue weighted by Gasteiger charge is -2.39. The molecule has 0 atom stereocenters. The van der Waals surface area contributed by atoms with Crippen LogP contribution in [0.4, 0.5) is 0 Å². The molecule has 21 heavy (non-hydrogen) atoms. The summed E-state index contributed by atoms with van der Waals surface area (Å²) in [7, 11) is 6.28. The highest BCUT2D eigenvalue weighted by Crippen LogP contribution is 2.32. The zero-order valence-corrected chi connectivity index (χ0v) is 14.0. The van der Waals surface area contributed by atoms with Gasteiger partial charge < -0.3 is 20.4 Å². The summed E-state index contributed by atoms with van der Waals surface area (Å²) in [6.45, 7) is 4.12. The van der Waals surface area contributed by atoms with Gasteiger partial charge in [0.15, 0.2) is 0 Å². The second-order valence-electron chi connectivity index (χ2n) is 7.22. The van der Waals surface area contributed by atoms with Crippen molar-refractivity contribution < 1.29 is 4.79 Å². The average molecular weight is 296 g/mol. The van der Waals surface area contributed by atoms with E-state index >= 15 is 0 Å². The van der Waals surface area contributed by atoms with E-state index in [0.29, 0.717) is 12.5 Å². The Morgan fingerprint density at radius 1 is 1.24 bits per heavy atom. The number of rotatable bonds is 6. The Labute approximate surface area is 129 Å². The lowest BCUT2D eigenvalue weighted by atomic mass is 9.75. The zero-order chi connectivity index (χ0) is 15.5. The van der Waals surface area contributed by atoms with Crippen LogP contribution in [0.25, 0.3) is 0 Å². The number of hydrogen-bond donors (Lipinski definition) is 1. The first-order valence-corrected chi connectivity index (χ1v) is 8.31. The van der Waals surface area contributed by atoms with Crippen molar-refractivity contribution in [3.05, 3.63) is 0 Å². The highest BCUT2D eigenvalue weighted by molar-refractivity contribution is 5.77. The smallest absolute Gasteiger partial charge is 0.224 e. The molecular weight excluding hydrogens is 264 g/mol. The van der Waals surface area contributed by atoms with Crippen LogP contribution in [0, 0.1) is 0 Å². The predicted molar refractivity (Wildman–Crippen MR) is 86.2 cm³/mol. The Balaban J connectivity index is 1.67. The molecule has 0 spiro atoms. The Kier molecular flexibility index (Phi) is 5.63. The van der Waals surface area contributed by atoms with Crippen LogP contribution in [0.3, 0.4) is 0 Å². The molecule has 2 aliphatic rings. The van der Waals surface area contributed by atoms with Crippen molar-refractivity contribution >= 4 is 5.91 Å². The van der Waals surface area contributed by atoms with E-state index in [9.17, 15) is 4.79 Å². The number of piperidine rings is 1. The fourth-order valence-electron chi connectivity index (χ4n) is 3.29. The standard InChI is InChI=1S/C16H32N4O/c1-18-9-5-14(6-10-18)19(2)11-12-20(3)15(21)13-16(17)7-4-8-16/h14H,4-13,17H2,1-3H3. The average Bonchev–Trinajstić information content (AvgIpc) is 2.43. The monoisotopic (exact) mass is 296 g/mol. The van der Waals surface area contributed by atoms with Crippen LogP contribution in [-0.2, 0) is 4.79 Å². The van der Waals surface area contributed by atoms with Crippen molar-refractivity contribution in [2.75, 3.05) is 47.3 Å². The molecule has 1 saturated heterocycles. The number of carbonyl (C=O) groups excluding carboxylic acids is 1. The second kappa shape index (κ2) is 7.07. The Morgan fingerprint density at radius 3 is 2.38 bits per heavy atom. The van der Waals surface area contributed by atoms with Crippen molar-refractivity contribution in [3.8, 4) is 0 Å². The molecule has 2 N–H and O–H groups in total. The molecule has 122 valence electrons. The van der Waals surface area contributed by atoms with Crippen LogP contribution in [0.5, 0.6) is 0 Å². The van der Waals surface area contributed by atoms with Gasteiger partial charge in [0.05, 0.1) is 0 Å². The Morgan fingerprint density at radius 2 is 1.86 bits per heavy atom. The van der Waals surface area contributed by atoms with Crippen molar-refractivity contribution in [3.63, 3.8) is 0 Å². The van der Waals surface area contributed by atoms with Gasteiger partial charge in [0.2, 0.25) is 5.91 Å². The molecule has 0 unspecified atom stereocenters. The van der Waals surface area contributed by atoms with Gasteiger partial charge in [-0.1, -0.05) is 0 Å². The zero-order valence-electron chi connectivity index (χ0n) is 14.0. The SMILES string of the molecule is CN1CCC(N(C)CCN(C)C(=O)CC2(N)CCC2)CC1. The quantitative estimate of drug-likeness (QED) is 0.785. The normalized spacial score (nSPS) is 23.1. The molecule has 1 aliphatic heterocycles. The topological polar surface area (TPSA) is 52.8 Å². The number of nitrogens with zero attached hydrogens (tertiary/aromatic N) is 3. The van der Waals surface area contributed by atoms with Gasteiger partial charge in [-0.15, -0.1) is 0 Å². The first-order valence-electron chi connectivity index (χ1n) is 8.31. The second-order valence-corrected chi connectivity index (χ2v) is 7.22. The summed E-state index contributed by atoms with van der Waals surface area (Å²) in [5, 5.41) is 0. The number of likely N-dealkylation sites (N-methyl/N-ethyl adjacent to an activating group) is 2. The van der Waals surface area contributed by atoms with Gasteiger partial charge in [-0.05, 0) is 59.3 Å². The lowest BCUT2D eigenvalue weighted by molar-refractivity contribution is -0.132. The third-order valence-corrected chi connectivity index (χ3v) is 5.38. The molecule has 1 amide bonds. The van der Waals surface area contributed by atoms with Crippen LogP contribution in [-0.4, -0.2) is 79.5 Å². The van der Waals surface area contributed by atoms with Crippen LogP contribution in [0.15, 0.2) is 0 Å². The molecule has 0 radical (unpaired) electrons. The highest BCUT2D eigenvalue weighted by atomic mass is 16.2. The molecule has 0 bridgehead atoms. The maximum absolute atomic E-state index is 12.2. The summed E-state index contributed by atoms with van der Waals surface area (Å²) in [5.41, 5.74) is 5.96. The van der Waals surface area contributed by atoms with Crippen LogP contribution < -0.4 is 5.73 Å². The van der Waals surface area contributed by atoms with Gasteiger partial charge in [0, 0.05) is 38.1 Å². The van der Waals surface area contributed by atoms with Gasteiger partial charge in [-0.3, -0.25) is 4.79 Å². The number of carbonyl (C=O) groups is 1. The first-order chi connectivity index (χ1) is 9.89. The highest BCUT2D eigenvalue weighted by Gasteiger charge is 2.35. The molecule has 0 aromatic heterocycles. The van der Waals surface area contributed by atoms with Crippen molar-refractivity contribution in [1.29, 1.82) is 0 Å². The van der Waals surface area contributed by atoms with E-state index in [1.54, 1.807) is 0 Å². The third-order valence-electron chi connectivity index (χ3n) is 5.38. The largest absolute Gasteiger partial charge is 0.344 e. The summed E-state index contributed by atoms with van der Waals surface area (Å²) >= 11 is 0. The number of amides is 1. The molecule has 2 rings (SSSR count). The molecule has 1 aliphatic carbocycles. The van der Waals surface area contributed by atoms with E-state index in [1.807, 2.05) is 11.9 Å². The van der Waals surface area contributed by atoms with Crippen molar-refractivity contribution in [2.45, 2.75) is 50.1 Å². The first kappa shape index (κ1) is 16.7.